The first kappa shape index (κ1) is 35.4. The van der Waals surface area contributed by atoms with E-state index in [4.69, 9.17) is 9.47 Å². The van der Waals surface area contributed by atoms with Crippen LogP contribution >= 0.6 is 0 Å². The van der Waals surface area contributed by atoms with E-state index in [9.17, 15) is 23.6 Å². The lowest BCUT2D eigenvalue weighted by Gasteiger charge is -2.32. The summed E-state index contributed by atoms with van der Waals surface area (Å²) in [5, 5.41) is 6.12. The molecule has 2 atom stereocenters. The molecule has 1 saturated heterocycles. The van der Waals surface area contributed by atoms with E-state index in [-0.39, 0.29) is 43.0 Å². The minimum absolute atomic E-state index is 0.0135. The Bertz CT molecular complexity index is 1650. The molecule has 1 fully saturated rings. The minimum atomic E-state index is -0.744. The number of amides is 3. The highest BCUT2D eigenvalue weighted by Gasteiger charge is 2.37. The van der Waals surface area contributed by atoms with E-state index in [1.54, 1.807) is 36.8 Å². The summed E-state index contributed by atoms with van der Waals surface area (Å²) in [4.78, 5) is 64.7. The summed E-state index contributed by atoms with van der Waals surface area (Å²) in [5.41, 5.74) is 2.81. The fraction of sp³-hybridized carbons (Fsp3) is 0.444. The zero-order valence-electron chi connectivity index (χ0n) is 28.1. The summed E-state index contributed by atoms with van der Waals surface area (Å²) < 4.78 is 25.5. The molecule has 2 aromatic carbocycles. The molecule has 2 bridgehead atoms. The van der Waals surface area contributed by atoms with Gasteiger partial charge in [0.2, 0.25) is 11.8 Å². The average molecular weight is 675 g/mol. The number of hydrogen-bond donors (Lipinski definition) is 2. The van der Waals surface area contributed by atoms with Gasteiger partial charge in [-0.15, -0.1) is 0 Å². The molecule has 0 saturated carbocycles. The molecule has 2 aliphatic heterocycles. The van der Waals surface area contributed by atoms with Gasteiger partial charge >= 0.3 is 5.97 Å². The van der Waals surface area contributed by atoms with Gasteiger partial charge in [0.25, 0.3) is 5.91 Å². The van der Waals surface area contributed by atoms with Crippen molar-refractivity contribution in [2.75, 3.05) is 39.9 Å². The van der Waals surface area contributed by atoms with Gasteiger partial charge in [-0.05, 0) is 67.5 Å². The number of benzene rings is 2. The van der Waals surface area contributed by atoms with E-state index in [1.165, 1.54) is 18.1 Å². The minimum Gasteiger partial charge on any atom is -0.482 e. The van der Waals surface area contributed by atoms with Gasteiger partial charge in [-0.3, -0.25) is 29.3 Å². The summed E-state index contributed by atoms with van der Waals surface area (Å²) in [7, 11) is 1.28. The Morgan fingerprint density at radius 2 is 1.94 bits per heavy atom. The van der Waals surface area contributed by atoms with Crippen LogP contribution in [0.2, 0.25) is 0 Å². The number of nitrogens with zero attached hydrogens (tertiary/aromatic N) is 4. The Balaban J connectivity index is 1.46. The van der Waals surface area contributed by atoms with E-state index in [0.29, 0.717) is 62.3 Å². The summed E-state index contributed by atoms with van der Waals surface area (Å²) in [5.74, 6) is -1.81. The van der Waals surface area contributed by atoms with Crippen molar-refractivity contribution in [2.45, 2.75) is 58.2 Å². The number of halogens is 1. The molecular weight excluding hydrogens is 631 g/mol. The second-order valence-corrected chi connectivity index (χ2v) is 12.7. The van der Waals surface area contributed by atoms with Gasteiger partial charge in [0.1, 0.15) is 17.6 Å². The zero-order chi connectivity index (χ0) is 34.9. The van der Waals surface area contributed by atoms with Gasteiger partial charge in [-0.1, -0.05) is 19.9 Å². The van der Waals surface area contributed by atoms with Crippen molar-refractivity contribution in [3.05, 3.63) is 77.5 Å². The molecule has 3 aromatic rings. The van der Waals surface area contributed by atoms with Crippen LogP contribution in [-0.4, -0.2) is 95.4 Å². The number of carbonyl (C=O) groups excluding carboxylic acids is 4. The topological polar surface area (TPSA) is 143 Å². The van der Waals surface area contributed by atoms with Crippen molar-refractivity contribution in [1.29, 1.82) is 0 Å². The van der Waals surface area contributed by atoms with Crippen LogP contribution in [0.3, 0.4) is 0 Å². The molecule has 2 N–H and O–H groups in total. The molecule has 13 heteroatoms. The first-order valence-corrected chi connectivity index (χ1v) is 16.6. The number of carbonyl (C=O) groups is 4. The maximum atomic E-state index is 14.9. The molecule has 260 valence electrons. The fourth-order valence-electron chi connectivity index (χ4n) is 6.16. The first-order chi connectivity index (χ1) is 23.6. The Morgan fingerprint density at radius 3 is 2.69 bits per heavy atom. The predicted molar refractivity (Wildman–Crippen MR) is 179 cm³/mol. The van der Waals surface area contributed by atoms with E-state index in [0.717, 1.165) is 11.1 Å². The number of aryl methyl sites for hydroxylation is 1. The molecule has 2 aliphatic rings. The van der Waals surface area contributed by atoms with Gasteiger partial charge in [-0.25, -0.2) is 9.18 Å². The Morgan fingerprint density at radius 1 is 1.10 bits per heavy atom. The third-order valence-corrected chi connectivity index (χ3v) is 8.88. The van der Waals surface area contributed by atoms with Crippen LogP contribution in [0, 0.1) is 11.7 Å². The Labute approximate surface area is 285 Å². The Kier molecular flexibility index (Phi) is 11.9. The lowest BCUT2D eigenvalue weighted by Crippen LogP contribution is -2.53. The third kappa shape index (κ3) is 9.17. The first-order valence-electron chi connectivity index (χ1n) is 16.6. The molecule has 3 amide bonds. The number of nitrogens with one attached hydrogen (secondary N) is 2. The number of methoxy groups -OCH3 is 1. The van der Waals surface area contributed by atoms with Crippen LogP contribution in [0.15, 0.2) is 55.0 Å². The molecule has 1 aromatic heterocycles. The van der Waals surface area contributed by atoms with Crippen molar-refractivity contribution in [2.24, 2.45) is 5.92 Å². The highest BCUT2D eigenvalue weighted by molar-refractivity contribution is 5.98. The summed E-state index contributed by atoms with van der Waals surface area (Å²) in [6.07, 6.45) is 7.02. The average Bonchev–Trinajstić information content (AvgIpc) is 3.60. The Hall–Kier alpha value is -4.91. The van der Waals surface area contributed by atoms with Crippen LogP contribution in [0.25, 0.3) is 11.3 Å². The monoisotopic (exact) mass is 674 g/mol. The standard InChI is InChI=1S/C36H43FN6O6/c1-23(2)30-20-42(19-26-17-25(29-18-38-13-14-39-29)9-11-32(26)49-22-34(45)48-3)21-33(44)40-12-4-6-24-8-10-28(37)27(16-24)36(47)43-15-5-7-31(43)35(46)41-30/h8-11,13-14,16-18,23,30-31H,4-7,12,15,19-22H2,1-3H3,(H,40,44)(H,41,46)/t30-,31-/m0/s1. The number of aromatic nitrogens is 2. The van der Waals surface area contributed by atoms with Crippen molar-refractivity contribution in [1.82, 2.24) is 30.4 Å². The van der Waals surface area contributed by atoms with Crippen LogP contribution in [0.4, 0.5) is 4.39 Å². The van der Waals surface area contributed by atoms with Gasteiger partial charge in [0.15, 0.2) is 6.61 Å². The molecule has 0 radical (unpaired) electrons. The van der Waals surface area contributed by atoms with E-state index in [2.05, 4.69) is 20.6 Å². The summed E-state index contributed by atoms with van der Waals surface area (Å²) in [6, 6.07) is 8.77. The second kappa shape index (κ2) is 16.5. The fourth-order valence-corrected chi connectivity index (χ4v) is 6.16. The summed E-state index contributed by atoms with van der Waals surface area (Å²) >= 11 is 0. The smallest absolute Gasteiger partial charge is 0.343 e. The second-order valence-electron chi connectivity index (χ2n) is 12.7. The van der Waals surface area contributed by atoms with Gasteiger partial charge in [-0.2, -0.15) is 0 Å². The van der Waals surface area contributed by atoms with E-state index in [1.807, 2.05) is 30.9 Å². The number of fused-ring (bicyclic) bond motifs is 3. The number of ether oxygens (including phenoxy) is 2. The SMILES string of the molecule is COC(=O)COc1ccc(-c2cnccn2)cc1CN1CC(=O)NCCCc2ccc(F)c(c2)C(=O)N2CCC[C@H]2C(=O)N[C@H](C(C)C)C1. The molecule has 5 rings (SSSR count). The largest absolute Gasteiger partial charge is 0.482 e. The quantitative estimate of drug-likeness (QED) is 0.362. The normalized spacial score (nSPS) is 19.5. The van der Waals surface area contributed by atoms with Crippen LogP contribution < -0.4 is 15.4 Å². The van der Waals surface area contributed by atoms with Crippen LogP contribution in [0.5, 0.6) is 5.75 Å². The van der Waals surface area contributed by atoms with E-state index >= 15 is 0 Å². The summed E-state index contributed by atoms with van der Waals surface area (Å²) in [6.45, 7) is 4.92. The molecule has 3 heterocycles. The number of rotatable bonds is 7. The highest BCUT2D eigenvalue weighted by Crippen LogP contribution is 2.28. The maximum absolute atomic E-state index is 14.9. The lowest BCUT2D eigenvalue weighted by molar-refractivity contribution is -0.143. The van der Waals surface area contributed by atoms with Crippen LogP contribution in [0.1, 0.15) is 54.6 Å². The van der Waals surface area contributed by atoms with E-state index < -0.39 is 29.8 Å². The molecule has 49 heavy (non-hydrogen) atoms. The number of esters is 1. The molecule has 0 spiro atoms. The van der Waals surface area contributed by atoms with Crippen molar-refractivity contribution < 1.29 is 33.0 Å². The molecule has 12 nitrogen and oxygen atoms in total. The zero-order valence-corrected chi connectivity index (χ0v) is 28.1. The third-order valence-electron chi connectivity index (χ3n) is 8.88. The maximum Gasteiger partial charge on any atom is 0.343 e. The van der Waals surface area contributed by atoms with Gasteiger partial charge in [0.05, 0.1) is 31.1 Å². The van der Waals surface area contributed by atoms with Crippen LogP contribution in [-0.2, 0) is 32.1 Å². The predicted octanol–water partition coefficient (Wildman–Crippen LogP) is 3.14. The van der Waals surface area contributed by atoms with Gasteiger partial charge < -0.3 is 25.0 Å². The van der Waals surface area contributed by atoms with Crippen molar-refractivity contribution in [3.8, 4) is 17.0 Å². The molecule has 0 aliphatic carbocycles. The molecule has 0 unspecified atom stereocenters. The number of hydrogen-bond acceptors (Lipinski definition) is 9. The van der Waals surface area contributed by atoms with Gasteiger partial charge in [0, 0.05) is 55.7 Å². The van der Waals surface area contributed by atoms with Crippen molar-refractivity contribution >= 4 is 23.7 Å². The highest BCUT2D eigenvalue weighted by atomic mass is 19.1. The lowest BCUT2D eigenvalue weighted by atomic mass is 10.0. The van der Waals surface area contributed by atoms with Crippen molar-refractivity contribution in [3.63, 3.8) is 0 Å². The molecular formula is C36H43FN6O6.